The first-order valence-electron chi connectivity index (χ1n) is 7.73. The molecule has 7 heteroatoms. The lowest BCUT2D eigenvalue weighted by atomic mass is 10.1. The molecule has 2 aromatic carbocycles. The van der Waals surface area contributed by atoms with Gasteiger partial charge in [0.2, 0.25) is 0 Å². The third-order valence-corrected chi connectivity index (χ3v) is 4.89. The summed E-state index contributed by atoms with van der Waals surface area (Å²) in [6.07, 6.45) is 1.67. The van der Waals surface area contributed by atoms with Crippen LogP contribution in [0, 0.1) is 0 Å². The van der Waals surface area contributed by atoms with E-state index in [-0.39, 0.29) is 5.56 Å². The standard InChI is InChI=1S/C18H12Cl2N2O3/c19-13-6-4-11(9-14(13)20)25-18(24)10-3-5-12-15(8-10)21-16-2-1-7-22(16)17(12)23/h3-6,8-9H,1-2,7H2. The summed E-state index contributed by atoms with van der Waals surface area (Å²) in [7, 11) is 0. The number of fused-ring (bicyclic) bond motifs is 2. The molecule has 0 amide bonds. The minimum atomic E-state index is -0.553. The minimum absolute atomic E-state index is 0.0677. The van der Waals surface area contributed by atoms with Crippen molar-refractivity contribution in [3.63, 3.8) is 0 Å². The van der Waals surface area contributed by atoms with Crippen LogP contribution in [0.25, 0.3) is 10.9 Å². The van der Waals surface area contributed by atoms with Crippen molar-refractivity contribution in [3.8, 4) is 5.75 Å². The zero-order valence-corrected chi connectivity index (χ0v) is 14.5. The van der Waals surface area contributed by atoms with Gasteiger partial charge in [0.05, 0.1) is 26.5 Å². The first kappa shape index (κ1) is 16.1. The van der Waals surface area contributed by atoms with E-state index in [0.717, 1.165) is 18.7 Å². The molecule has 0 fully saturated rings. The third-order valence-electron chi connectivity index (χ3n) is 4.15. The normalized spacial score (nSPS) is 13.0. The van der Waals surface area contributed by atoms with Crippen molar-refractivity contribution in [3.05, 3.63) is 68.2 Å². The summed E-state index contributed by atoms with van der Waals surface area (Å²) < 4.78 is 7.01. The predicted octanol–water partition coefficient (Wildman–Crippen LogP) is 3.87. The van der Waals surface area contributed by atoms with Crippen molar-refractivity contribution in [1.29, 1.82) is 0 Å². The predicted molar refractivity (Wildman–Crippen MR) is 95.7 cm³/mol. The van der Waals surface area contributed by atoms with Crippen LogP contribution < -0.4 is 10.3 Å². The fourth-order valence-corrected chi connectivity index (χ4v) is 3.21. The fourth-order valence-electron chi connectivity index (χ4n) is 2.92. The van der Waals surface area contributed by atoms with Crippen LogP contribution in [0.2, 0.25) is 10.0 Å². The van der Waals surface area contributed by atoms with E-state index in [4.69, 9.17) is 27.9 Å². The van der Waals surface area contributed by atoms with E-state index in [1.165, 1.54) is 6.07 Å². The van der Waals surface area contributed by atoms with E-state index >= 15 is 0 Å². The van der Waals surface area contributed by atoms with Gasteiger partial charge in [0.15, 0.2) is 0 Å². The topological polar surface area (TPSA) is 61.2 Å². The second-order valence-corrected chi connectivity index (χ2v) is 6.60. The second kappa shape index (κ2) is 6.17. The molecule has 0 N–H and O–H groups in total. The summed E-state index contributed by atoms with van der Waals surface area (Å²) in [6.45, 7) is 0.693. The summed E-state index contributed by atoms with van der Waals surface area (Å²) in [6, 6.07) is 9.34. The molecule has 1 aliphatic heterocycles. The minimum Gasteiger partial charge on any atom is -0.423 e. The Morgan fingerprint density at radius 2 is 1.96 bits per heavy atom. The smallest absolute Gasteiger partial charge is 0.343 e. The van der Waals surface area contributed by atoms with Crippen LogP contribution in [0.3, 0.4) is 0 Å². The Morgan fingerprint density at radius 1 is 1.12 bits per heavy atom. The van der Waals surface area contributed by atoms with Gasteiger partial charge in [0.1, 0.15) is 11.6 Å². The monoisotopic (exact) mass is 374 g/mol. The molecule has 4 rings (SSSR count). The summed E-state index contributed by atoms with van der Waals surface area (Å²) in [4.78, 5) is 29.3. The molecule has 0 spiro atoms. The van der Waals surface area contributed by atoms with Crippen LogP contribution in [-0.2, 0) is 13.0 Å². The van der Waals surface area contributed by atoms with Gasteiger partial charge < -0.3 is 4.74 Å². The molecule has 2 heterocycles. The van der Waals surface area contributed by atoms with Crippen molar-refractivity contribution in [2.24, 2.45) is 0 Å². The largest absolute Gasteiger partial charge is 0.423 e. The van der Waals surface area contributed by atoms with Crippen LogP contribution in [0.4, 0.5) is 0 Å². The summed E-state index contributed by atoms with van der Waals surface area (Å²) in [5.74, 6) is 0.497. The molecule has 3 aromatic rings. The number of rotatable bonds is 2. The van der Waals surface area contributed by atoms with Crippen molar-refractivity contribution in [2.75, 3.05) is 0 Å². The molecule has 25 heavy (non-hydrogen) atoms. The maximum absolute atomic E-state index is 12.4. The first-order chi connectivity index (χ1) is 12.0. The van der Waals surface area contributed by atoms with E-state index in [9.17, 15) is 9.59 Å². The van der Waals surface area contributed by atoms with Crippen molar-refractivity contribution < 1.29 is 9.53 Å². The quantitative estimate of drug-likeness (QED) is 0.504. The van der Waals surface area contributed by atoms with Crippen molar-refractivity contribution in [1.82, 2.24) is 9.55 Å². The van der Waals surface area contributed by atoms with E-state index in [0.29, 0.717) is 38.8 Å². The zero-order valence-electron chi connectivity index (χ0n) is 13.0. The molecular weight excluding hydrogens is 363 g/mol. The van der Waals surface area contributed by atoms with Crippen molar-refractivity contribution >= 4 is 40.1 Å². The molecule has 0 radical (unpaired) electrons. The molecule has 0 atom stereocenters. The van der Waals surface area contributed by atoms with Crippen LogP contribution in [0.1, 0.15) is 22.6 Å². The number of aryl methyl sites for hydroxylation is 1. The van der Waals surface area contributed by atoms with Gasteiger partial charge in [-0.2, -0.15) is 0 Å². The van der Waals surface area contributed by atoms with Gasteiger partial charge in [-0.3, -0.25) is 9.36 Å². The second-order valence-electron chi connectivity index (χ2n) is 5.79. The Labute approximate surface area is 152 Å². The number of esters is 1. The van der Waals surface area contributed by atoms with Crippen LogP contribution in [0.15, 0.2) is 41.2 Å². The average molecular weight is 375 g/mol. The van der Waals surface area contributed by atoms with Gasteiger partial charge >= 0.3 is 5.97 Å². The number of hydrogen-bond acceptors (Lipinski definition) is 4. The number of nitrogens with zero attached hydrogens (tertiary/aromatic N) is 2. The lowest BCUT2D eigenvalue weighted by Gasteiger charge is -2.08. The summed E-state index contributed by atoms with van der Waals surface area (Å²) in [5.41, 5.74) is 0.747. The first-order valence-corrected chi connectivity index (χ1v) is 8.49. The highest BCUT2D eigenvalue weighted by atomic mass is 35.5. The number of ether oxygens (including phenoxy) is 1. The highest BCUT2D eigenvalue weighted by molar-refractivity contribution is 6.42. The third kappa shape index (κ3) is 2.90. The Kier molecular flexibility index (Phi) is 3.98. The molecule has 0 saturated heterocycles. The molecule has 1 aliphatic rings. The molecule has 126 valence electrons. The van der Waals surface area contributed by atoms with Gasteiger partial charge in [-0.1, -0.05) is 23.2 Å². The molecule has 5 nitrogen and oxygen atoms in total. The molecule has 0 saturated carbocycles. The van der Waals surface area contributed by atoms with E-state index in [1.807, 2.05) is 0 Å². The van der Waals surface area contributed by atoms with Gasteiger partial charge in [0, 0.05) is 19.0 Å². The molecule has 0 bridgehead atoms. The lowest BCUT2D eigenvalue weighted by molar-refractivity contribution is 0.0735. The zero-order chi connectivity index (χ0) is 17.6. The fraction of sp³-hybridized carbons (Fsp3) is 0.167. The number of carbonyl (C=O) groups excluding carboxylic acids is 1. The van der Waals surface area contributed by atoms with Gasteiger partial charge in [-0.25, -0.2) is 9.78 Å². The van der Waals surface area contributed by atoms with E-state index in [2.05, 4.69) is 4.98 Å². The number of benzene rings is 2. The van der Waals surface area contributed by atoms with Gasteiger partial charge in [-0.15, -0.1) is 0 Å². The molecule has 0 aliphatic carbocycles. The number of hydrogen-bond donors (Lipinski definition) is 0. The number of halogens is 2. The van der Waals surface area contributed by atoms with Gasteiger partial charge in [0.25, 0.3) is 5.56 Å². The van der Waals surface area contributed by atoms with Crippen molar-refractivity contribution in [2.45, 2.75) is 19.4 Å². The van der Waals surface area contributed by atoms with E-state index < -0.39 is 5.97 Å². The summed E-state index contributed by atoms with van der Waals surface area (Å²) >= 11 is 11.8. The van der Waals surface area contributed by atoms with E-state index in [1.54, 1.807) is 34.9 Å². The molecular formula is C18H12Cl2N2O3. The summed E-state index contributed by atoms with van der Waals surface area (Å²) in [5, 5.41) is 1.18. The Bertz CT molecular complexity index is 1080. The van der Waals surface area contributed by atoms with Crippen LogP contribution >= 0.6 is 23.2 Å². The molecule has 0 unspecified atom stereocenters. The maximum atomic E-state index is 12.4. The maximum Gasteiger partial charge on any atom is 0.343 e. The number of aromatic nitrogens is 2. The Morgan fingerprint density at radius 3 is 2.76 bits per heavy atom. The number of carbonyl (C=O) groups is 1. The highest BCUT2D eigenvalue weighted by Crippen LogP contribution is 2.27. The highest BCUT2D eigenvalue weighted by Gasteiger charge is 2.17. The Hall–Kier alpha value is -2.37. The lowest BCUT2D eigenvalue weighted by Crippen LogP contribution is -2.21. The van der Waals surface area contributed by atoms with Gasteiger partial charge in [-0.05, 0) is 36.8 Å². The molecule has 1 aromatic heterocycles. The Balaban J connectivity index is 1.69. The average Bonchev–Trinajstić information content (AvgIpc) is 3.06. The van der Waals surface area contributed by atoms with Crippen LogP contribution in [-0.4, -0.2) is 15.5 Å². The SMILES string of the molecule is O=C(Oc1ccc(Cl)c(Cl)c1)c1ccc2c(=O)n3c(nc2c1)CCC3. The van der Waals surface area contributed by atoms with Crippen LogP contribution in [0.5, 0.6) is 5.75 Å².